The Labute approximate surface area is 175 Å². The molecule has 2 aromatic carbocycles. The Balaban J connectivity index is 1.70. The lowest BCUT2D eigenvalue weighted by Crippen LogP contribution is -2.48. The van der Waals surface area contributed by atoms with Gasteiger partial charge in [-0.1, -0.05) is 42.5 Å². The molecule has 1 fully saturated rings. The minimum Gasteiger partial charge on any atom is -0.297 e. The number of nitrogens with zero attached hydrogens (tertiary/aromatic N) is 2. The van der Waals surface area contributed by atoms with Gasteiger partial charge in [0.1, 0.15) is 0 Å². The number of rotatable bonds is 5. The molecule has 1 aliphatic rings. The van der Waals surface area contributed by atoms with Crippen molar-refractivity contribution in [3.63, 3.8) is 0 Å². The fourth-order valence-electron chi connectivity index (χ4n) is 4.04. The molecule has 0 bridgehead atoms. The zero-order valence-corrected chi connectivity index (χ0v) is 19.0. The number of sulfonamides is 1. The standard InChI is InChI=1S/C24H32N2O2S/c1-18-19(2)21(4)24(22(5)20(18)3)29(27,28)26-16-14-25(15-17-26)13-9-12-23-10-7-6-8-11-23/h6-12H,13-17H2,1-5H3. The molecule has 0 aromatic heterocycles. The van der Waals surface area contributed by atoms with Crippen molar-refractivity contribution >= 4 is 16.1 Å². The lowest BCUT2D eigenvalue weighted by atomic mass is 9.95. The number of benzene rings is 2. The third-order valence-corrected chi connectivity index (χ3v) is 8.51. The predicted octanol–water partition coefficient (Wildman–Crippen LogP) is 4.25. The number of hydrogen-bond acceptors (Lipinski definition) is 3. The average molecular weight is 413 g/mol. The van der Waals surface area contributed by atoms with Crippen LogP contribution in [0.2, 0.25) is 0 Å². The summed E-state index contributed by atoms with van der Waals surface area (Å²) in [6.07, 6.45) is 4.27. The van der Waals surface area contributed by atoms with Gasteiger partial charge in [-0.15, -0.1) is 0 Å². The van der Waals surface area contributed by atoms with Crippen molar-refractivity contribution in [3.8, 4) is 0 Å². The summed E-state index contributed by atoms with van der Waals surface area (Å²) in [6, 6.07) is 10.2. The molecule has 0 radical (unpaired) electrons. The Hall–Kier alpha value is -1.95. The Bertz CT molecular complexity index is 974. The molecule has 4 nitrogen and oxygen atoms in total. The van der Waals surface area contributed by atoms with Crippen LogP contribution in [0.25, 0.3) is 6.08 Å². The Kier molecular flexibility index (Phi) is 6.62. The highest BCUT2D eigenvalue weighted by Gasteiger charge is 2.32. The lowest BCUT2D eigenvalue weighted by Gasteiger charge is -2.34. The summed E-state index contributed by atoms with van der Waals surface area (Å²) in [5.74, 6) is 0. The highest BCUT2D eigenvalue weighted by molar-refractivity contribution is 7.89. The van der Waals surface area contributed by atoms with E-state index in [1.807, 2.05) is 45.9 Å². The van der Waals surface area contributed by atoms with Crippen LogP contribution in [-0.4, -0.2) is 50.3 Å². The first-order chi connectivity index (χ1) is 13.7. The molecular formula is C24H32N2O2S. The van der Waals surface area contributed by atoms with E-state index in [1.54, 1.807) is 4.31 Å². The van der Waals surface area contributed by atoms with Gasteiger partial charge in [-0.3, -0.25) is 4.90 Å². The Morgan fingerprint density at radius 1 is 0.793 bits per heavy atom. The molecular weight excluding hydrogens is 380 g/mol. The molecule has 2 aromatic rings. The molecule has 1 aliphatic heterocycles. The van der Waals surface area contributed by atoms with E-state index in [-0.39, 0.29) is 0 Å². The second kappa shape index (κ2) is 8.82. The molecule has 0 amide bonds. The summed E-state index contributed by atoms with van der Waals surface area (Å²) in [5.41, 5.74) is 6.31. The van der Waals surface area contributed by atoms with Crippen molar-refractivity contribution in [1.29, 1.82) is 0 Å². The maximum absolute atomic E-state index is 13.4. The first kappa shape index (κ1) is 21.8. The van der Waals surface area contributed by atoms with Gasteiger partial charge in [-0.2, -0.15) is 4.31 Å². The van der Waals surface area contributed by atoms with Crippen LogP contribution in [0.3, 0.4) is 0 Å². The van der Waals surface area contributed by atoms with Gasteiger partial charge in [0, 0.05) is 32.7 Å². The van der Waals surface area contributed by atoms with Crippen molar-refractivity contribution in [1.82, 2.24) is 9.21 Å². The van der Waals surface area contributed by atoms with Gasteiger partial charge in [-0.05, 0) is 68.0 Å². The Morgan fingerprint density at radius 2 is 1.31 bits per heavy atom. The van der Waals surface area contributed by atoms with Crippen LogP contribution in [0.1, 0.15) is 33.4 Å². The van der Waals surface area contributed by atoms with Crippen LogP contribution in [0.4, 0.5) is 0 Å². The summed E-state index contributed by atoms with van der Waals surface area (Å²) < 4.78 is 28.5. The zero-order chi connectivity index (χ0) is 21.2. The van der Waals surface area contributed by atoms with E-state index < -0.39 is 10.0 Å². The summed E-state index contributed by atoms with van der Waals surface area (Å²) >= 11 is 0. The molecule has 0 saturated carbocycles. The van der Waals surface area contributed by atoms with Crippen LogP contribution in [0.15, 0.2) is 41.3 Å². The van der Waals surface area contributed by atoms with Gasteiger partial charge in [0.25, 0.3) is 0 Å². The maximum Gasteiger partial charge on any atom is 0.243 e. The van der Waals surface area contributed by atoms with Gasteiger partial charge >= 0.3 is 0 Å². The molecule has 0 N–H and O–H groups in total. The van der Waals surface area contributed by atoms with Crippen molar-refractivity contribution in [3.05, 3.63) is 69.8 Å². The quantitative estimate of drug-likeness (QED) is 0.737. The topological polar surface area (TPSA) is 40.6 Å². The third kappa shape index (κ3) is 4.47. The molecule has 156 valence electrons. The molecule has 29 heavy (non-hydrogen) atoms. The zero-order valence-electron chi connectivity index (χ0n) is 18.2. The number of hydrogen-bond donors (Lipinski definition) is 0. The second-order valence-corrected chi connectivity index (χ2v) is 9.85. The minimum atomic E-state index is -3.48. The fourth-order valence-corrected chi connectivity index (χ4v) is 6.02. The van der Waals surface area contributed by atoms with E-state index in [9.17, 15) is 8.42 Å². The first-order valence-electron chi connectivity index (χ1n) is 10.2. The van der Waals surface area contributed by atoms with Crippen LogP contribution in [0, 0.1) is 34.6 Å². The van der Waals surface area contributed by atoms with E-state index in [2.05, 4.69) is 36.1 Å². The Morgan fingerprint density at radius 3 is 1.86 bits per heavy atom. The van der Waals surface area contributed by atoms with Gasteiger partial charge in [0.15, 0.2) is 0 Å². The molecule has 1 heterocycles. The molecule has 0 atom stereocenters. The normalized spacial score (nSPS) is 16.6. The minimum absolute atomic E-state index is 0.510. The highest BCUT2D eigenvalue weighted by Crippen LogP contribution is 2.31. The summed E-state index contributed by atoms with van der Waals surface area (Å²) in [6.45, 7) is 13.4. The monoisotopic (exact) mass is 412 g/mol. The largest absolute Gasteiger partial charge is 0.297 e. The molecule has 3 rings (SSSR count). The van der Waals surface area contributed by atoms with Crippen LogP contribution in [0.5, 0.6) is 0 Å². The van der Waals surface area contributed by atoms with E-state index in [0.29, 0.717) is 18.0 Å². The van der Waals surface area contributed by atoms with Crippen molar-refractivity contribution < 1.29 is 8.42 Å². The van der Waals surface area contributed by atoms with Gasteiger partial charge < -0.3 is 0 Å². The lowest BCUT2D eigenvalue weighted by molar-refractivity contribution is 0.204. The number of piperazine rings is 1. The highest BCUT2D eigenvalue weighted by atomic mass is 32.2. The van der Waals surface area contributed by atoms with Gasteiger partial charge in [0.05, 0.1) is 4.90 Å². The van der Waals surface area contributed by atoms with E-state index >= 15 is 0 Å². The van der Waals surface area contributed by atoms with Crippen molar-refractivity contribution in [2.45, 2.75) is 39.5 Å². The SMILES string of the molecule is Cc1c(C)c(C)c(S(=O)(=O)N2CCN(CC=Cc3ccccc3)CC2)c(C)c1C. The molecule has 0 spiro atoms. The molecule has 1 saturated heterocycles. The average Bonchev–Trinajstić information content (AvgIpc) is 2.72. The molecule has 0 aliphatic carbocycles. The second-order valence-electron chi connectivity index (χ2n) is 7.97. The van der Waals surface area contributed by atoms with E-state index in [1.165, 1.54) is 11.1 Å². The molecule has 0 unspecified atom stereocenters. The molecule has 5 heteroatoms. The maximum atomic E-state index is 13.4. The summed E-state index contributed by atoms with van der Waals surface area (Å²) in [5, 5.41) is 0. The van der Waals surface area contributed by atoms with E-state index in [0.717, 1.165) is 41.9 Å². The van der Waals surface area contributed by atoms with Crippen LogP contribution in [-0.2, 0) is 10.0 Å². The van der Waals surface area contributed by atoms with E-state index in [4.69, 9.17) is 0 Å². The van der Waals surface area contributed by atoms with Crippen molar-refractivity contribution in [2.24, 2.45) is 0 Å². The first-order valence-corrected chi connectivity index (χ1v) is 11.7. The smallest absolute Gasteiger partial charge is 0.243 e. The predicted molar refractivity (Wildman–Crippen MR) is 121 cm³/mol. The van der Waals surface area contributed by atoms with Crippen molar-refractivity contribution in [2.75, 3.05) is 32.7 Å². The summed E-state index contributed by atoms with van der Waals surface area (Å²) in [4.78, 5) is 2.81. The van der Waals surface area contributed by atoms with Gasteiger partial charge in [-0.25, -0.2) is 8.42 Å². The summed E-state index contributed by atoms with van der Waals surface area (Å²) in [7, 11) is -3.48. The van der Waals surface area contributed by atoms with Crippen LogP contribution < -0.4 is 0 Å². The van der Waals surface area contributed by atoms with Crippen LogP contribution >= 0.6 is 0 Å². The fraction of sp³-hybridized carbons (Fsp3) is 0.417. The van der Waals surface area contributed by atoms with Gasteiger partial charge in [0.2, 0.25) is 10.0 Å². The third-order valence-electron chi connectivity index (χ3n) is 6.33.